The first kappa shape index (κ1) is 15.8. The lowest BCUT2D eigenvalue weighted by Crippen LogP contribution is -2.08. The molecule has 0 amide bonds. The highest BCUT2D eigenvalue weighted by molar-refractivity contribution is 5.52. The van der Waals surface area contributed by atoms with Crippen LogP contribution in [0, 0.1) is 0 Å². The molecule has 0 aromatic heterocycles. The molecular weight excluding hydrogens is 308 g/mol. The van der Waals surface area contributed by atoms with Gasteiger partial charge in [0.15, 0.2) is 11.5 Å². The van der Waals surface area contributed by atoms with E-state index in [2.05, 4.69) is 66.7 Å². The van der Waals surface area contributed by atoms with Gasteiger partial charge >= 0.3 is 0 Å². The summed E-state index contributed by atoms with van der Waals surface area (Å²) in [5.74, 6) is 2.33. The minimum absolute atomic E-state index is 0.332. The van der Waals surface area contributed by atoms with Crippen LogP contribution in [0.15, 0.2) is 72.8 Å². The summed E-state index contributed by atoms with van der Waals surface area (Å²) in [5.41, 5.74) is 5.52. The van der Waals surface area contributed by atoms with Gasteiger partial charge in [0.25, 0.3) is 0 Å². The fourth-order valence-corrected chi connectivity index (χ4v) is 4.06. The highest BCUT2D eigenvalue weighted by Gasteiger charge is 2.34. The Morgan fingerprint density at radius 1 is 0.720 bits per heavy atom. The number of methoxy groups -OCH3 is 2. The number of ether oxygens (including phenoxy) is 2. The van der Waals surface area contributed by atoms with Crippen LogP contribution in [0.3, 0.4) is 0 Å². The molecule has 4 rings (SSSR count). The Morgan fingerprint density at radius 2 is 1.44 bits per heavy atom. The third-order valence-corrected chi connectivity index (χ3v) is 5.23. The Balaban J connectivity index is 1.84. The van der Waals surface area contributed by atoms with E-state index in [1.165, 1.54) is 22.3 Å². The van der Waals surface area contributed by atoms with E-state index in [9.17, 15) is 0 Å². The van der Waals surface area contributed by atoms with Crippen LogP contribution in [0.1, 0.15) is 34.1 Å². The van der Waals surface area contributed by atoms with E-state index in [0.29, 0.717) is 11.8 Å². The van der Waals surface area contributed by atoms with Crippen LogP contribution < -0.4 is 9.47 Å². The van der Waals surface area contributed by atoms with Crippen LogP contribution in [-0.4, -0.2) is 14.2 Å². The highest BCUT2D eigenvalue weighted by Crippen LogP contribution is 2.48. The zero-order valence-electron chi connectivity index (χ0n) is 14.6. The van der Waals surface area contributed by atoms with Gasteiger partial charge in [0.05, 0.1) is 14.2 Å². The second-order valence-corrected chi connectivity index (χ2v) is 6.51. The van der Waals surface area contributed by atoms with Crippen LogP contribution in [0.25, 0.3) is 0 Å². The van der Waals surface area contributed by atoms with Gasteiger partial charge in [0, 0.05) is 5.92 Å². The molecule has 2 heteroatoms. The van der Waals surface area contributed by atoms with Gasteiger partial charge in [0.2, 0.25) is 0 Å². The van der Waals surface area contributed by atoms with E-state index in [4.69, 9.17) is 9.47 Å². The molecule has 0 aliphatic heterocycles. The molecule has 0 saturated carbocycles. The second-order valence-electron chi connectivity index (χ2n) is 6.51. The molecule has 1 aliphatic rings. The molecule has 25 heavy (non-hydrogen) atoms. The third-order valence-electron chi connectivity index (χ3n) is 5.23. The van der Waals surface area contributed by atoms with E-state index in [-0.39, 0.29) is 0 Å². The predicted octanol–water partition coefficient (Wildman–Crippen LogP) is 5.18. The van der Waals surface area contributed by atoms with Crippen molar-refractivity contribution < 1.29 is 9.47 Å². The molecule has 0 fully saturated rings. The van der Waals surface area contributed by atoms with Crippen molar-refractivity contribution in [3.63, 3.8) is 0 Å². The number of benzene rings is 3. The maximum absolute atomic E-state index is 5.54. The molecule has 1 aliphatic carbocycles. The van der Waals surface area contributed by atoms with Gasteiger partial charge in [-0.05, 0) is 46.7 Å². The summed E-state index contributed by atoms with van der Waals surface area (Å²) in [7, 11) is 3.37. The van der Waals surface area contributed by atoms with Crippen LogP contribution >= 0.6 is 0 Å². The van der Waals surface area contributed by atoms with Crippen LogP contribution in [0.2, 0.25) is 0 Å². The smallest absolute Gasteiger partial charge is 0.161 e. The van der Waals surface area contributed by atoms with Crippen molar-refractivity contribution in [2.24, 2.45) is 0 Å². The van der Waals surface area contributed by atoms with Crippen molar-refractivity contribution in [1.29, 1.82) is 0 Å². The van der Waals surface area contributed by atoms with Crippen molar-refractivity contribution in [1.82, 2.24) is 0 Å². The molecule has 2 unspecified atom stereocenters. The molecule has 0 N–H and O–H groups in total. The minimum Gasteiger partial charge on any atom is -0.493 e. The van der Waals surface area contributed by atoms with E-state index in [0.717, 1.165) is 17.9 Å². The molecule has 2 nitrogen and oxygen atoms in total. The molecule has 3 aromatic carbocycles. The molecule has 0 spiro atoms. The third kappa shape index (κ3) is 2.78. The lowest BCUT2D eigenvalue weighted by molar-refractivity contribution is 0.354. The Kier molecular flexibility index (Phi) is 4.19. The van der Waals surface area contributed by atoms with Gasteiger partial charge in [-0.2, -0.15) is 0 Å². The molecule has 3 aromatic rings. The topological polar surface area (TPSA) is 18.5 Å². The van der Waals surface area contributed by atoms with Crippen LogP contribution in [0.4, 0.5) is 0 Å². The Labute approximate surface area is 149 Å². The largest absolute Gasteiger partial charge is 0.493 e. The maximum Gasteiger partial charge on any atom is 0.161 e. The molecule has 0 saturated heterocycles. The van der Waals surface area contributed by atoms with Gasteiger partial charge in [-0.1, -0.05) is 60.7 Å². The summed E-state index contributed by atoms with van der Waals surface area (Å²) in [5, 5.41) is 0. The Morgan fingerprint density at radius 3 is 2.20 bits per heavy atom. The van der Waals surface area contributed by atoms with Crippen molar-refractivity contribution in [2.75, 3.05) is 14.2 Å². The molecule has 0 radical (unpaired) electrons. The van der Waals surface area contributed by atoms with Crippen LogP contribution in [-0.2, 0) is 6.42 Å². The molecule has 126 valence electrons. The van der Waals surface area contributed by atoms with Gasteiger partial charge < -0.3 is 9.47 Å². The van der Waals surface area contributed by atoms with Crippen molar-refractivity contribution in [3.8, 4) is 11.5 Å². The number of hydrogen-bond acceptors (Lipinski definition) is 2. The summed E-state index contributed by atoms with van der Waals surface area (Å²) < 4.78 is 11.0. The van der Waals surface area contributed by atoms with Gasteiger partial charge in [-0.15, -0.1) is 0 Å². The first-order chi connectivity index (χ1) is 12.3. The second kappa shape index (κ2) is 6.64. The maximum atomic E-state index is 5.54. The number of hydrogen-bond donors (Lipinski definition) is 0. The monoisotopic (exact) mass is 330 g/mol. The molecule has 0 bridgehead atoms. The normalized spacial score (nSPS) is 18.6. The van der Waals surface area contributed by atoms with Gasteiger partial charge in [0.1, 0.15) is 0 Å². The first-order valence-electron chi connectivity index (χ1n) is 8.66. The van der Waals surface area contributed by atoms with E-state index < -0.39 is 0 Å². The quantitative estimate of drug-likeness (QED) is 0.656. The van der Waals surface area contributed by atoms with Crippen LogP contribution in [0.5, 0.6) is 11.5 Å². The Bertz CT molecular complexity index is 870. The molecular formula is C23H22O2. The van der Waals surface area contributed by atoms with Gasteiger partial charge in [-0.25, -0.2) is 0 Å². The minimum atomic E-state index is 0.332. The molecule has 0 heterocycles. The summed E-state index contributed by atoms with van der Waals surface area (Å²) in [6.45, 7) is 0. The summed E-state index contributed by atoms with van der Waals surface area (Å²) in [6.07, 6.45) is 1.07. The zero-order chi connectivity index (χ0) is 17.2. The Hall–Kier alpha value is -2.74. The van der Waals surface area contributed by atoms with E-state index >= 15 is 0 Å². The summed E-state index contributed by atoms with van der Waals surface area (Å²) >= 11 is 0. The average molecular weight is 330 g/mol. The average Bonchev–Trinajstić information content (AvgIpc) is 3.07. The fourth-order valence-electron chi connectivity index (χ4n) is 4.06. The van der Waals surface area contributed by atoms with Crippen molar-refractivity contribution in [3.05, 3.63) is 95.1 Å². The lowest BCUT2D eigenvalue weighted by atomic mass is 9.82. The lowest BCUT2D eigenvalue weighted by Gasteiger charge is -2.22. The molecule has 2 atom stereocenters. The number of rotatable bonds is 4. The SMILES string of the molecule is COc1ccc(C2c3ccccc3CC2c2ccccc2)cc1OC. The number of fused-ring (bicyclic) bond motifs is 1. The zero-order valence-corrected chi connectivity index (χ0v) is 14.6. The highest BCUT2D eigenvalue weighted by atomic mass is 16.5. The summed E-state index contributed by atoms with van der Waals surface area (Å²) in [4.78, 5) is 0. The first-order valence-corrected chi connectivity index (χ1v) is 8.66. The van der Waals surface area contributed by atoms with Crippen molar-refractivity contribution >= 4 is 0 Å². The van der Waals surface area contributed by atoms with Crippen molar-refractivity contribution in [2.45, 2.75) is 18.3 Å². The predicted molar refractivity (Wildman–Crippen MR) is 101 cm³/mol. The standard InChI is InChI=1S/C23H22O2/c1-24-21-13-12-18(15-22(21)25-2)23-19-11-7-6-10-17(19)14-20(23)16-8-4-3-5-9-16/h3-13,15,20,23H,14H2,1-2H3. The van der Waals surface area contributed by atoms with E-state index in [1.54, 1.807) is 14.2 Å². The summed E-state index contributed by atoms with van der Waals surface area (Å²) in [6, 6.07) is 25.9. The van der Waals surface area contributed by atoms with E-state index in [1.807, 2.05) is 6.07 Å². The van der Waals surface area contributed by atoms with Gasteiger partial charge in [-0.3, -0.25) is 0 Å². The fraction of sp³-hybridized carbons (Fsp3) is 0.217.